The Balaban J connectivity index is 1.73. The van der Waals surface area contributed by atoms with Gasteiger partial charge in [-0.2, -0.15) is 0 Å². The summed E-state index contributed by atoms with van der Waals surface area (Å²) in [6.45, 7) is 4.32. The molecule has 0 saturated heterocycles. The fourth-order valence-electron chi connectivity index (χ4n) is 2.66. The van der Waals surface area contributed by atoms with Gasteiger partial charge in [-0.15, -0.1) is 0 Å². The average molecular weight is 331 g/mol. The third-order valence-corrected chi connectivity index (χ3v) is 3.81. The summed E-state index contributed by atoms with van der Waals surface area (Å²) in [7, 11) is 0. The van der Waals surface area contributed by atoms with Crippen molar-refractivity contribution in [2.45, 2.75) is 32.9 Å². The van der Waals surface area contributed by atoms with Crippen molar-refractivity contribution < 1.29 is 14.5 Å². The number of carbonyl (C=O) groups excluding carboxylic acids is 1. The number of hydrogen-bond acceptors (Lipinski definition) is 6. The van der Waals surface area contributed by atoms with Crippen LogP contribution in [0.3, 0.4) is 0 Å². The van der Waals surface area contributed by atoms with Gasteiger partial charge in [-0.05, 0) is 29.0 Å². The van der Waals surface area contributed by atoms with E-state index in [2.05, 4.69) is 9.97 Å². The Bertz CT molecular complexity index is 788. The minimum atomic E-state index is -0.545. The van der Waals surface area contributed by atoms with E-state index in [9.17, 15) is 14.9 Å². The number of hydrogen-bond donors (Lipinski definition) is 0. The van der Waals surface area contributed by atoms with Crippen LogP contribution in [0.25, 0.3) is 0 Å². The van der Waals surface area contributed by atoms with Crippen LogP contribution in [0.2, 0.25) is 0 Å². The van der Waals surface area contributed by atoms with Crippen molar-refractivity contribution in [3.63, 3.8) is 0 Å². The Morgan fingerprint density at radius 1 is 1.54 bits per heavy atom. The van der Waals surface area contributed by atoms with Crippen molar-refractivity contribution in [1.82, 2.24) is 14.5 Å². The summed E-state index contributed by atoms with van der Waals surface area (Å²) in [5.74, 6) is 0.649. The molecule has 2 aromatic heterocycles. The molecule has 3 rings (SSSR count). The number of rotatable bonds is 4. The smallest absolute Gasteiger partial charge is 0.381 e. The number of imidazole rings is 1. The summed E-state index contributed by atoms with van der Waals surface area (Å²) >= 11 is 0. The molecule has 1 aliphatic rings. The van der Waals surface area contributed by atoms with E-state index in [1.54, 1.807) is 34.7 Å². The molecule has 0 radical (unpaired) electrons. The van der Waals surface area contributed by atoms with Gasteiger partial charge in [-0.3, -0.25) is 4.79 Å². The highest BCUT2D eigenvalue weighted by Crippen LogP contribution is 2.31. The molecule has 0 saturated carbocycles. The predicted molar refractivity (Wildman–Crippen MR) is 84.9 cm³/mol. The number of aromatic nitrogens is 3. The average Bonchev–Trinajstić information content (AvgIpc) is 2.93. The fourth-order valence-corrected chi connectivity index (χ4v) is 2.66. The lowest BCUT2D eigenvalue weighted by atomic mass is 10.2. The number of fused-ring (bicyclic) bond motifs is 1. The van der Waals surface area contributed by atoms with Crippen molar-refractivity contribution in [1.29, 1.82) is 0 Å². The molecule has 9 heteroatoms. The minimum Gasteiger partial charge on any atom is -0.471 e. The molecule has 126 valence electrons. The second-order valence-corrected chi connectivity index (χ2v) is 5.61. The number of amides is 1. The van der Waals surface area contributed by atoms with E-state index in [0.29, 0.717) is 30.5 Å². The van der Waals surface area contributed by atoms with Gasteiger partial charge in [0.25, 0.3) is 0 Å². The Hall–Kier alpha value is -2.97. The first-order valence-corrected chi connectivity index (χ1v) is 7.56. The number of pyridine rings is 1. The summed E-state index contributed by atoms with van der Waals surface area (Å²) in [4.78, 5) is 32.5. The number of nitro groups is 1. The van der Waals surface area contributed by atoms with Gasteiger partial charge in [0, 0.05) is 26.1 Å². The predicted octanol–water partition coefficient (Wildman–Crippen LogP) is 1.70. The highest BCUT2D eigenvalue weighted by molar-refractivity contribution is 5.94. The Labute approximate surface area is 138 Å². The van der Waals surface area contributed by atoms with Crippen LogP contribution >= 0.6 is 0 Å². The van der Waals surface area contributed by atoms with Crippen molar-refractivity contribution in [2.24, 2.45) is 0 Å². The molecule has 9 nitrogen and oxygen atoms in total. The second-order valence-electron chi connectivity index (χ2n) is 5.61. The summed E-state index contributed by atoms with van der Waals surface area (Å²) in [6.07, 6.45) is 3.02. The monoisotopic (exact) mass is 331 g/mol. The molecule has 0 fully saturated rings. The van der Waals surface area contributed by atoms with E-state index in [1.807, 2.05) is 6.92 Å². The SMILES string of the molecule is Cc1nc([N+](=O)[O-])cn1CCC(=O)N1C[C@@H](C)Oc2ncccc21. The first-order valence-electron chi connectivity index (χ1n) is 7.56. The van der Waals surface area contributed by atoms with Gasteiger partial charge in [0.15, 0.2) is 0 Å². The molecular formula is C15H17N5O4. The molecule has 0 N–H and O–H groups in total. The van der Waals surface area contributed by atoms with Crippen LogP contribution in [0.4, 0.5) is 11.5 Å². The van der Waals surface area contributed by atoms with Crippen molar-refractivity contribution in [3.05, 3.63) is 40.5 Å². The van der Waals surface area contributed by atoms with E-state index in [1.165, 1.54) is 6.20 Å². The number of anilines is 1. The second kappa shape index (κ2) is 6.26. The zero-order chi connectivity index (χ0) is 17.3. The van der Waals surface area contributed by atoms with Gasteiger partial charge in [0.1, 0.15) is 18.0 Å². The lowest BCUT2D eigenvalue weighted by molar-refractivity contribution is -0.389. The maximum Gasteiger partial charge on any atom is 0.381 e. The van der Waals surface area contributed by atoms with E-state index in [0.717, 1.165) is 0 Å². The number of ether oxygens (including phenoxy) is 1. The molecule has 24 heavy (non-hydrogen) atoms. The normalized spacial score (nSPS) is 16.4. The molecule has 3 heterocycles. The lowest BCUT2D eigenvalue weighted by Crippen LogP contribution is -2.42. The van der Waals surface area contributed by atoms with Crippen LogP contribution in [-0.4, -0.2) is 38.0 Å². The van der Waals surface area contributed by atoms with Gasteiger partial charge < -0.3 is 24.3 Å². The summed E-state index contributed by atoms with van der Waals surface area (Å²) < 4.78 is 7.24. The van der Waals surface area contributed by atoms with Crippen LogP contribution in [0.1, 0.15) is 19.2 Å². The quantitative estimate of drug-likeness (QED) is 0.624. The van der Waals surface area contributed by atoms with Crippen LogP contribution in [-0.2, 0) is 11.3 Å². The summed E-state index contributed by atoms with van der Waals surface area (Å²) in [5.41, 5.74) is 0.647. The maximum absolute atomic E-state index is 12.6. The van der Waals surface area contributed by atoms with Crippen LogP contribution < -0.4 is 9.64 Å². The summed E-state index contributed by atoms with van der Waals surface area (Å²) in [5, 5.41) is 10.8. The molecule has 0 aromatic carbocycles. The molecular weight excluding hydrogens is 314 g/mol. The lowest BCUT2D eigenvalue weighted by Gasteiger charge is -2.32. The number of aryl methyl sites for hydroxylation is 2. The van der Waals surface area contributed by atoms with E-state index < -0.39 is 4.92 Å². The third kappa shape index (κ3) is 3.05. The molecule has 1 atom stereocenters. The first-order chi connectivity index (χ1) is 11.5. The molecule has 0 unspecified atom stereocenters. The zero-order valence-electron chi connectivity index (χ0n) is 13.4. The van der Waals surface area contributed by atoms with Crippen LogP contribution in [0.15, 0.2) is 24.5 Å². The van der Waals surface area contributed by atoms with Crippen LogP contribution in [0, 0.1) is 17.0 Å². The van der Waals surface area contributed by atoms with E-state index >= 15 is 0 Å². The molecule has 0 bridgehead atoms. The summed E-state index contributed by atoms with van der Waals surface area (Å²) in [6, 6.07) is 3.54. The molecule has 1 amide bonds. The van der Waals surface area contributed by atoms with Crippen molar-refractivity contribution in [2.75, 3.05) is 11.4 Å². The fraction of sp³-hybridized carbons (Fsp3) is 0.400. The molecule has 0 aliphatic carbocycles. The van der Waals surface area contributed by atoms with Gasteiger partial charge in [-0.1, -0.05) is 0 Å². The zero-order valence-corrected chi connectivity index (χ0v) is 13.4. The van der Waals surface area contributed by atoms with Gasteiger partial charge in [-0.25, -0.2) is 4.98 Å². The number of nitrogens with zero attached hydrogens (tertiary/aromatic N) is 5. The Morgan fingerprint density at radius 3 is 3.04 bits per heavy atom. The van der Waals surface area contributed by atoms with Crippen molar-refractivity contribution >= 4 is 17.4 Å². The molecule has 2 aromatic rings. The highest BCUT2D eigenvalue weighted by Gasteiger charge is 2.28. The first kappa shape index (κ1) is 15.9. The van der Waals surface area contributed by atoms with Gasteiger partial charge in [0.05, 0.1) is 6.54 Å². The number of carbonyl (C=O) groups is 1. The Kier molecular flexibility index (Phi) is 4.15. The largest absolute Gasteiger partial charge is 0.471 e. The molecule has 1 aliphatic heterocycles. The Morgan fingerprint density at radius 2 is 2.33 bits per heavy atom. The van der Waals surface area contributed by atoms with E-state index in [4.69, 9.17) is 4.74 Å². The van der Waals surface area contributed by atoms with Gasteiger partial charge >= 0.3 is 5.82 Å². The van der Waals surface area contributed by atoms with E-state index in [-0.39, 0.29) is 24.2 Å². The van der Waals surface area contributed by atoms with Crippen molar-refractivity contribution in [3.8, 4) is 5.88 Å². The third-order valence-electron chi connectivity index (χ3n) is 3.81. The van der Waals surface area contributed by atoms with Crippen LogP contribution in [0.5, 0.6) is 5.88 Å². The topological polar surface area (TPSA) is 103 Å². The highest BCUT2D eigenvalue weighted by atomic mass is 16.6. The minimum absolute atomic E-state index is 0.0878. The standard InChI is InChI=1S/C15H17N5O4/c1-10-8-19(12-4-3-6-16-15(12)24-10)14(21)5-7-18-9-13(20(22)23)17-11(18)2/h3-4,6,9-10H,5,7-8H2,1-2H3/t10-/m1/s1. The molecule has 0 spiro atoms. The van der Waals surface area contributed by atoms with Gasteiger partial charge in [0.2, 0.25) is 17.6 Å². The maximum atomic E-state index is 12.6.